The van der Waals surface area contributed by atoms with E-state index < -0.39 is 0 Å². The van der Waals surface area contributed by atoms with E-state index in [1.54, 1.807) is 11.8 Å². The highest BCUT2D eigenvalue weighted by Gasteiger charge is 2.26. The van der Waals surface area contributed by atoms with Gasteiger partial charge in [-0.25, -0.2) is 0 Å². The lowest BCUT2D eigenvalue weighted by Gasteiger charge is -2.16. The molecule has 2 aromatic carbocycles. The number of allylic oxidation sites excluding steroid dienone is 1. The molecule has 1 fully saturated rings. The first-order chi connectivity index (χ1) is 14.7. The smallest absolute Gasteiger partial charge is 0.191 e. The standard InChI is InChI=1S/C23H27N5OS/c1-4-14-28-21(17-8-6-5-7-9-17)25-26-23(28)30-16-20-15-24-22(29-20)18-10-12-19(13-11-18)27(2)3/h4-13,20,22,24H,1,14-16H2,2-3H3/t20-,22-/m0/s1. The van der Waals surface area contributed by atoms with Gasteiger partial charge in [0.15, 0.2) is 11.0 Å². The van der Waals surface area contributed by atoms with Crippen LogP contribution in [0.2, 0.25) is 0 Å². The average molecular weight is 422 g/mol. The first-order valence-electron chi connectivity index (χ1n) is 10.0. The number of hydrogen-bond acceptors (Lipinski definition) is 6. The van der Waals surface area contributed by atoms with Gasteiger partial charge in [-0.1, -0.05) is 60.3 Å². The molecule has 156 valence electrons. The number of rotatable bonds is 8. The van der Waals surface area contributed by atoms with E-state index in [2.05, 4.69) is 55.8 Å². The third kappa shape index (κ3) is 4.59. The van der Waals surface area contributed by atoms with Crippen LogP contribution in [0.1, 0.15) is 11.8 Å². The highest BCUT2D eigenvalue weighted by Crippen LogP contribution is 2.28. The van der Waals surface area contributed by atoms with E-state index in [4.69, 9.17) is 4.74 Å². The van der Waals surface area contributed by atoms with Crippen LogP contribution in [0.25, 0.3) is 11.4 Å². The summed E-state index contributed by atoms with van der Waals surface area (Å²) in [5, 5.41) is 13.2. The molecule has 3 aromatic rings. The van der Waals surface area contributed by atoms with Gasteiger partial charge in [-0.05, 0) is 17.7 Å². The summed E-state index contributed by atoms with van der Waals surface area (Å²) in [5.74, 6) is 1.67. The van der Waals surface area contributed by atoms with E-state index in [-0.39, 0.29) is 12.3 Å². The Kier molecular flexibility index (Phi) is 6.52. The van der Waals surface area contributed by atoms with Crippen molar-refractivity contribution in [2.45, 2.75) is 24.0 Å². The Labute approximate surface area is 182 Å². The van der Waals surface area contributed by atoms with Crippen LogP contribution < -0.4 is 10.2 Å². The van der Waals surface area contributed by atoms with Crippen molar-refractivity contribution in [3.63, 3.8) is 0 Å². The van der Waals surface area contributed by atoms with Gasteiger partial charge in [0.2, 0.25) is 0 Å². The second kappa shape index (κ2) is 9.47. The molecule has 1 saturated heterocycles. The van der Waals surface area contributed by atoms with Crippen LogP contribution in [0.3, 0.4) is 0 Å². The molecule has 1 aromatic heterocycles. The van der Waals surface area contributed by atoms with Crippen molar-refractivity contribution in [3.05, 3.63) is 72.8 Å². The molecule has 0 amide bonds. The zero-order valence-electron chi connectivity index (χ0n) is 17.4. The van der Waals surface area contributed by atoms with Crippen molar-refractivity contribution in [1.29, 1.82) is 0 Å². The van der Waals surface area contributed by atoms with Gasteiger partial charge in [0, 0.05) is 44.2 Å². The molecule has 7 heteroatoms. The minimum Gasteiger partial charge on any atom is -0.378 e. The van der Waals surface area contributed by atoms with Crippen molar-refractivity contribution in [1.82, 2.24) is 20.1 Å². The number of ether oxygens (including phenoxy) is 1. The normalized spacial score (nSPS) is 18.5. The fourth-order valence-corrected chi connectivity index (χ4v) is 4.37. The Balaban J connectivity index is 1.39. The summed E-state index contributed by atoms with van der Waals surface area (Å²) in [7, 11) is 4.09. The van der Waals surface area contributed by atoms with E-state index >= 15 is 0 Å². The second-order valence-electron chi connectivity index (χ2n) is 7.41. The summed E-state index contributed by atoms with van der Waals surface area (Å²) < 4.78 is 8.34. The van der Waals surface area contributed by atoms with E-state index in [0.717, 1.165) is 34.4 Å². The second-order valence-corrected chi connectivity index (χ2v) is 8.40. The van der Waals surface area contributed by atoms with Crippen molar-refractivity contribution in [3.8, 4) is 11.4 Å². The van der Waals surface area contributed by atoms with Crippen molar-refractivity contribution in [2.24, 2.45) is 0 Å². The molecular weight excluding hydrogens is 394 g/mol. The number of anilines is 1. The first-order valence-corrected chi connectivity index (χ1v) is 11.0. The summed E-state index contributed by atoms with van der Waals surface area (Å²) in [6.07, 6.45) is 1.92. The molecule has 0 saturated carbocycles. The molecule has 6 nitrogen and oxygen atoms in total. The van der Waals surface area contributed by atoms with Crippen LogP contribution in [0.4, 0.5) is 5.69 Å². The summed E-state index contributed by atoms with van der Waals surface area (Å²) >= 11 is 1.67. The van der Waals surface area contributed by atoms with E-state index in [1.165, 1.54) is 5.69 Å². The summed E-state index contributed by atoms with van der Waals surface area (Å²) in [5.41, 5.74) is 3.38. The maximum absolute atomic E-state index is 6.24. The predicted octanol–water partition coefficient (Wildman–Crippen LogP) is 3.98. The van der Waals surface area contributed by atoms with E-state index in [9.17, 15) is 0 Å². The van der Waals surface area contributed by atoms with Gasteiger partial charge in [-0.3, -0.25) is 9.88 Å². The molecule has 0 spiro atoms. The first kappa shape index (κ1) is 20.7. The molecule has 2 atom stereocenters. The zero-order valence-corrected chi connectivity index (χ0v) is 18.2. The Morgan fingerprint density at radius 1 is 1.17 bits per heavy atom. The number of hydrogen-bond donors (Lipinski definition) is 1. The molecule has 0 radical (unpaired) electrons. The lowest BCUT2D eigenvalue weighted by molar-refractivity contribution is 0.0534. The Morgan fingerprint density at radius 3 is 2.63 bits per heavy atom. The largest absolute Gasteiger partial charge is 0.378 e. The van der Waals surface area contributed by atoms with Gasteiger partial charge in [-0.15, -0.1) is 16.8 Å². The monoisotopic (exact) mass is 421 g/mol. The molecule has 4 rings (SSSR count). The van der Waals surface area contributed by atoms with Gasteiger partial charge < -0.3 is 9.64 Å². The lowest BCUT2D eigenvalue weighted by atomic mass is 10.2. The predicted molar refractivity (Wildman–Crippen MR) is 123 cm³/mol. The molecule has 1 N–H and O–H groups in total. The molecule has 2 heterocycles. The van der Waals surface area contributed by atoms with E-state index in [0.29, 0.717) is 6.54 Å². The lowest BCUT2D eigenvalue weighted by Crippen LogP contribution is -2.17. The van der Waals surface area contributed by atoms with Gasteiger partial charge >= 0.3 is 0 Å². The molecular formula is C23H27N5OS. The van der Waals surface area contributed by atoms with Crippen molar-refractivity contribution < 1.29 is 4.74 Å². The topological polar surface area (TPSA) is 55.2 Å². The van der Waals surface area contributed by atoms with Gasteiger partial charge in [0.05, 0.1) is 6.10 Å². The van der Waals surface area contributed by atoms with E-state index in [1.807, 2.05) is 50.5 Å². The third-order valence-electron chi connectivity index (χ3n) is 5.03. The zero-order chi connectivity index (χ0) is 20.9. The maximum atomic E-state index is 6.24. The van der Waals surface area contributed by atoms with Gasteiger partial charge in [0.1, 0.15) is 6.23 Å². The summed E-state index contributed by atoms with van der Waals surface area (Å²) in [6, 6.07) is 18.6. The summed E-state index contributed by atoms with van der Waals surface area (Å²) in [4.78, 5) is 2.09. The minimum absolute atomic E-state index is 0.0715. The van der Waals surface area contributed by atoms with Crippen molar-refractivity contribution in [2.75, 3.05) is 31.3 Å². The number of nitrogens with one attached hydrogen (secondary N) is 1. The number of aromatic nitrogens is 3. The fraction of sp³-hybridized carbons (Fsp3) is 0.304. The van der Waals surface area contributed by atoms with Crippen LogP contribution in [0.5, 0.6) is 0 Å². The number of thioether (sulfide) groups is 1. The number of benzene rings is 2. The number of nitrogens with zero attached hydrogens (tertiary/aromatic N) is 4. The SMILES string of the molecule is C=CCn1c(SC[C@@H]2CN[C@H](c3ccc(N(C)C)cc3)O2)nnc1-c1ccccc1. The Morgan fingerprint density at radius 2 is 1.93 bits per heavy atom. The molecule has 0 bridgehead atoms. The Hall–Kier alpha value is -2.61. The molecule has 1 aliphatic rings. The quantitative estimate of drug-likeness (QED) is 0.439. The van der Waals surface area contributed by atoms with Crippen molar-refractivity contribution >= 4 is 17.4 Å². The maximum Gasteiger partial charge on any atom is 0.191 e. The summed E-state index contributed by atoms with van der Waals surface area (Å²) in [6.45, 7) is 5.37. The molecule has 0 aliphatic carbocycles. The molecule has 1 aliphatic heterocycles. The van der Waals surface area contributed by atoms with Crippen LogP contribution in [-0.4, -0.2) is 47.3 Å². The highest BCUT2D eigenvalue weighted by atomic mass is 32.2. The van der Waals surface area contributed by atoms with Crippen LogP contribution >= 0.6 is 11.8 Å². The average Bonchev–Trinajstić information content (AvgIpc) is 3.40. The minimum atomic E-state index is -0.0715. The third-order valence-corrected chi connectivity index (χ3v) is 6.13. The molecule has 30 heavy (non-hydrogen) atoms. The van der Waals surface area contributed by atoms with Crippen LogP contribution in [0, 0.1) is 0 Å². The highest BCUT2D eigenvalue weighted by molar-refractivity contribution is 7.99. The van der Waals surface area contributed by atoms with Crippen LogP contribution in [0.15, 0.2) is 72.4 Å². The fourth-order valence-electron chi connectivity index (χ4n) is 3.43. The van der Waals surface area contributed by atoms with Gasteiger partial charge in [0.25, 0.3) is 0 Å². The molecule has 0 unspecified atom stereocenters. The van der Waals surface area contributed by atoms with Crippen LogP contribution in [-0.2, 0) is 11.3 Å². The Bertz CT molecular complexity index is 971. The van der Waals surface area contributed by atoms with Gasteiger partial charge in [-0.2, -0.15) is 0 Å².